The molecule has 0 aromatic heterocycles. The quantitative estimate of drug-likeness (QED) is 0.330. The van der Waals surface area contributed by atoms with Gasteiger partial charge in [0.1, 0.15) is 11.4 Å². The van der Waals surface area contributed by atoms with E-state index in [2.05, 4.69) is 17.0 Å². The maximum Gasteiger partial charge on any atom is 0.410 e. The molecule has 2 aromatic carbocycles. The molecular formula is C37H49ClN2O6. The van der Waals surface area contributed by atoms with Gasteiger partial charge in [0.25, 0.3) is 0 Å². The largest absolute Gasteiger partial charge is 0.490 e. The molecule has 4 aliphatic rings. The Bertz CT molecular complexity index is 1440. The van der Waals surface area contributed by atoms with Gasteiger partial charge >= 0.3 is 12.1 Å². The summed E-state index contributed by atoms with van der Waals surface area (Å²) in [5, 5.41) is 10.6. The number of carbonyl (C=O) groups excluding carboxylic acids is 1. The Hall–Kier alpha value is -2.97. The molecule has 2 aliphatic heterocycles. The first kappa shape index (κ1) is 33.0. The second kappa shape index (κ2) is 13.3. The molecule has 1 spiro atoms. The van der Waals surface area contributed by atoms with Gasteiger partial charge in [0, 0.05) is 43.7 Å². The minimum Gasteiger partial charge on any atom is -0.490 e. The average Bonchev–Trinajstić information content (AvgIpc) is 3.14. The third kappa shape index (κ3) is 7.13. The van der Waals surface area contributed by atoms with Crippen molar-refractivity contribution in [2.75, 3.05) is 44.8 Å². The SMILES string of the molecule is CN(CC[C@H]1CCO[C@H](C2CCC2CN2CC3(CCCc4cc(Cl)ccc43)COc3ccc(C(=O)O)cc32)C1)C(=O)OC(C)(C)C. The Morgan fingerprint density at radius 3 is 2.72 bits per heavy atom. The molecule has 8 nitrogen and oxygen atoms in total. The summed E-state index contributed by atoms with van der Waals surface area (Å²) in [6.45, 7) is 9.25. The number of hydrogen-bond donors (Lipinski definition) is 1. The van der Waals surface area contributed by atoms with Crippen molar-refractivity contribution in [2.45, 2.75) is 89.3 Å². The maximum atomic E-state index is 12.5. The first-order valence-electron chi connectivity index (χ1n) is 17.0. The Balaban J connectivity index is 1.18. The van der Waals surface area contributed by atoms with Crippen LogP contribution in [0.2, 0.25) is 5.02 Å². The lowest BCUT2D eigenvalue weighted by molar-refractivity contribution is -0.0839. The van der Waals surface area contributed by atoms with E-state index in [-0.39, 0.29) is 23.2 Å². The number of rotatable bonds is 7. The fourth-order valence-electron chi connectivity index (χ4n) is 8.11. The fraction of sp³-hybridized carbons (Fsp3) is 0.622. The average molecular weight is 653 g/mol. The number of carboxylic acid groups (broad SMARTS) is 1. The van der Waals surface area contributed by atoms with E-state index in [1.54, 1.807) is 17.0 Å². The second-order valence-corrected chi connectivity index (χ2v) is 15.5. The minimum absolute atomic E-state index is 0.198. The van der Waals surface area contributed by atoms with Crippen LogP contribution >= 0.6 is 11.6 Å². The topological polar surface area (TPSA) is 88.5 Å². The lowest BCUT2D eigenvalue weighted by Gasteiger charge is -2.48. The Labute approximate surface area is 278 Å². The van der Waals surface area contributed by atoms with Crippen molar-refractivity contribution in [3.63, 3.8) is 0 Å². The highest BCUT2D eigenvalue weighted by molar-refractivity contribution is 6.30. The smallest absolute Gasteiger partial charge is 0.410 e. The van der Waals surface area contributed by atoms with Gasteiger partial charge in [-0.3, -0.25) is 0 Å². The third-order valence-corrected chi connectivity index (χ3v) is 10.9. The summed E-state index contributed by atoms with van der Waals surface area (Å²) < 4.78 is 18.5. The molecule has 1 amide bonds. The fourth-order valence-corrected chi connectivity index (χ4v) is 8.30. The summed E-state index contributed by atoms with van der Waals surface area (Å²) in [6.07, 6.45) is 8.22. The number of halogens is 1. The number of hydrogen-bond acceptors (Lipinski definition) is 6. The van der Waals surface area contributed by atoms with Crippen molar-refractivity contribution >= 4 is 29.4 Å². The van der Waals surface area contributed by atoms with Crippen LogP contribution in [0, 0.1) is 17.8 Å². The molecule has 9 heteroatoms. The third-order valence-electron chi connectivity index (χ3n) is 10.7. The number of fused-ring (bicyclic) bond motifs is 3. The van der Waals surface area contributed by atoms with Crippen LogP contribution in [0.15, 0.2) is 36.4 Å². The summed E-state index contributed by atoms with van der Waals surface area (Å²) >= 11 is 6.42. The summed E-state index contributed by atoms with van der Waals surface area (Å²) in [5.74, 6) is 1.22. The highest BCUT2D eigenvalue weighted by Gasteiger charge is 2.45. The van der Waals surface area contributed by atoms with Crippen LogP contribution in [0.1, 0.15) is 87.2 Å². The van der Waals surface area contributed by atoms with E-state index >= 15 is 0 Å². The molecule has 2 aliphatic carbocycles. The van der Waals surface area contributed by atoms with Crippen LogP contribution in [-0.4, -0.2) is 73.7 Å². The summed E-state index contributed by atoms with van der Waals surface area (Å²) in [6, 6.07) is 11.5. The molecule has 2 fully saturated rings. The summed E-state index contributed by atoms with van der Waals surface area (Å²) in [5.41, 5.74) is 3.04. The molecule has 2 aromatic rings. The summed E-state index contributed by atoms with van der Waals surface area (Å²) in [7, 11) is 1.82. The number of benzene rings is 2. The number of carboxylic acids is 1. The second-order valence-electron chi connectivity index (χ2n) is 15.1. The highest BCUT2D eigenvalue weighted by atomic mass is 35.5. The predicted octanol–water partition coefficient (Wildman–Crippen LogP) is 7.59. The van der Waals surface area contributed by atoms with Gasteiger partial charge in [-0.25, -0.2) is 9.59 Å². The molecule has 6 rings (SSSR count). The van der Waals surface area contributed by atoms with Gasteiger partial charge in [-0.15, -0.1) is 0 Å². The number of carbonyl (C=O) groups is 2. The number of ether oxygens (including phenoxy) is 3. The molecule has 1 saturated carbocycles. The lowest BCUT2D eigenvalue weighted by Crippen LogP contribution is -2.50. The molecule has 3 unspecified atom stereocenters. The number of aromatic carboxylic acids is 1. The number of anilines is 1. The van der Waals surface area contributed by atoms with Crippen LogP contribution in [0.5, 0.6) is 5.75 Å². The molecule has 0 radical (unpaired) electrons. The van der Waals surface area contributed by atoms with Gasteiger partial charge in [0.2, 0.25) is 0 Å². The molecule has 2 heterocycles. The van der Waals surface area contributed by atoms with Crippen LogP contribution < -0.4 is 9.64 Å². The standard InChI is InChI=1S/C37H49ClN2O6/c1-36(2,3)46-35(43)39(4)16-13-24-14-17-44-33(18-24)29-10-7-27(29)21-40-22-37(15-5-6-25-19-28(38)9-11-30(25)37)23-45-32-12-8-26(34(41)42)20-31(32)40/h8-9,11-12,19-20,24,27,29,33H,5-7,10,13-18,21-23H2,1-4H3,(H,41,42)/t24-,27?,29?,33-,37?/m0/s1. The summed E-state index contributed by atoms with van der Waals surface area (Å²) in [4.78, 5) is 28.6. The van der Waals surface area contributed by atoms with Gasteiger partial charge in [0.05, 0.1) is 24.0 Å². The van der Waals surface area contributed by atoms with E-state index in [9.17, 15) is 14.7 Å². The van der Waals surface area contributed by atoms with Gasteiger partial charge in [-0.2, -0.15) is 0 Å². The lowest BCUT2D eigenvalue weighted by atomic mass is 9.67. The van der Waals surface area contributed by atoms with Crippen molar-refractivity contribution in [3.05, 3.63) is 58.1 Å². The molecule has 1 saturated heterocycles. The highest BCUT2D eigenvalue weighted by Crippen LogP contribution is 2.48. The van der Waals surface area contributed by atoms with E-state index in [4.69, 9.17) is 25.8 Å². The van der Waals surface area contributed by atoms with Crippen LogP contribution in [-0.2, 0) is 21.3 Å². The molecule has 0 bridgehead atoms. The zero-order chi connectivity index (χ0) is 32.6. The van der Waals surface area contributed by atoms with Crippen LogP contribution in [0.4, 0.5) is 10.5 Å². The first-order chi connectivity index (χ1) is 21.9. The molecule has 46 heavy (non-hydrogen) atoms. The van der Waals surface area contributed by atoms with Crippen molar-refractivity contribution in [1.82, 2.24) is 4.90 Å². The van der Waals surface area contributed by atoms with Crippen molar-refractivity contribution in [2.24, 2.45) is 17.8 Å². The van der Waals surface area contributed by atoms with E-state index < -0.39 is 11.6 Å². The number of nitrogens with zero attached hydrogens (tertiary/aromatic N) is 2. The normalized spacial score (nSPS) is 27.5. The van der Waals surface area contributed by atoms with E-state index in [0.717, 1.165) is 87.5 Å². The van der Waals surface area contributed by atoms with Gasteiger partial charge in [-0.1, -0.05) is 17.7 Å². The van der Waals surface area contributed by atoms with Gasteiger partial charge in [0.15, 0.2) is 0 Å². The van der Waals surface area contributed by atoms with E-state index in [0.29, 0.717) is 30.9 Å². The molecular weight excluding hydrogens is 604 g/mol. The minimum atomic E-state index is -0.931. The number of amides is 1. The monoisotopic (exact) mass is 652 g/mol. The van der Waals surface area contributed by atoms with Crippen molar-refractivity contribution in [3.8, 4) is 5.75 Å². The van der Waals surface area contributed by atoms with E-state index in [1.807, 2.05) is 40.0 Å². The molecule has 5 atom stereocenters. The van der Waals surface area contributed by atoms with Crippen molar-refractivity contribution in [1.29, 1.82) is 0 Å². The Morgan fingerprint density at radius 1 is 1.15 bits per heavy atom. The first-order valence-corrected chi connectivity index (χ1v) is 17.4. The van der Waals surface area contributed by atoms with Crippen molar-refractivity contribution < 1.29 is 28.9 Å². The Morgan fingerprint density at radius 2 is 1.98 bits per heavy atom. The molecule has 1 N–H and O–H groups in total. The zero-order valence-electron chi connectivity index (χ0n) is 27.7. The predicted molar refractivity (Wildman–Crippen MR) is 179 cm³/mol. The Kier molecular flexibility index (Phi) is 9.50. The maximum absolute atomic E-state index is 12.5. The van der Waals surface area contributed by atoms with Gasteiger partial charge in [-0.05, 0) is 131 Å². The van der Waals surface area contributed by atoms with Crippen LogP contribution in [0.25, 0.3) is 0 Å². The number of aryl methyl sites for hydroxylation is 1. The molecule has 250 valence electrons. The van der Waals surface area contributed by atoms with Crippen LogP contribution in [0.3, 0.4) is 0 Å². The van der Waals surface area contributed by atoms with Gasteiger partial charge < -0.3 is 29.1 Å². The zero-order valence-corrected chi connectivity index (χ0v) is 28.5. The van der Waals surface area contributed by atoms with E-state index in [1.165, 1.54) is 11.1 Å².